The zero-order valence-electron chi connectivity index (χ0n) is 17.2. The smallest absolute Gasteiger partial charge is 0.325 e. The van der Waals surface area contributed by atoms with Gasteiger partial charge in [-0.05, 0) is 56.3 Å². The molecule has 2 aromatic carbocycles. The molecule has 0 radical (unpaired) electrons. The van der Waals surface area contributed by atoms with E-state index in [2.05, 4.69) is 10.6 Å². The number of benzene rings is 2. The van der Waals surface area contributed by atoms with Gasteiger partial charge in [0.1, 0.15) is 0 Å². The molecule has 2 aromatic rings. The van der Waals surface area contributed by atoms with Gasteiger partial charge in [0.15, 0.2) is 0 Å². The monoisotopic (exact) mass is 457 g/mol. The SMILES string of the molecule is CC(=O)Nc1ccc(C(F)(F)F)cc1NC(=O)c1ccc(S(=O)(=O)N(C)C(C)C)cc1. The predicted octanol–water partition coefficient (Wildman–Crippen LogP) is 3.95. The number of anilines is 2. The molecule has 0 saturated carbocycles. The maximum Gasteiger partial charge on any atom is 0.416 e. The Labute approximate surface area is 178 Å². The minimum atomic E-state index is -4.65. The number of halogens is 3. The van der Waals surface area contributed by atoms with Crippen LogP contribution in [0.1, 0.15) is 36.7 Å². The molecular weight excluding hydrogens is 435 g/mol. The molecule has 0 fully saturated rings. The van der Waals surface area contributed by atoms with Crippen LogP contribution in [0.15, 0.2) is 47.4 Å². The standard InChI is InChI=1S/C20H22F3N3O4S/c1-12(2)26(4)31(29,30)16-8-5-14(6-9-16)19(28)25-18-11-15(20(21,22)23)7-10-17(18)24-13(3)27/h5-12H,1-4H3,(H,24,27)(H,25,28). The van der Waals surface area contributed by atoms with E-state index in [9.17, 15) is 31.2 Å². The van der Waals surface area contributed by atoms with E-state index in [1.165, 1.54) is 42.5 Å². The summed E-state index contributed by atoms with van der Waals surface area (Å²) >= 11 is 0. The number of hydrogen-bond donors (Lipinski definition) is 2. The maximum absolute atomic E-state index is 13.0. The highest BCUT2D eigenvalue weighted by molar-refractivity contribution is 7.89. The van der Waals surface area contributed by atoms with Crippen molar-refractivity contribution < 1.29 is 31.2 Å². The number of alkyl halides is 3. The van der Waals surface area contributed by atoms with Crippen molar-refractivity contribution in [3.8, 4) is 0 Å². The Morgan fingerprint density at radius 1 is 0.968 bits per heavy atom. The lowest BCUT2D eigenvalue weighted by molar-refractivity contribution is -0.137. The van der Waals surface area contributed by atoms with Crippen LogP contribution in [0.4, 0.5) is 24.5 Å². The lowest BCUT2D eigenvalue weighted by Gasteiger charge is -2.21. The molecule has 0 heterocycles. The molecule has 2 rings (SSSR count). The zero-order valence-corrected chi connectivity index (χ0v) is 18.1. The molecule has 0 saturated heterocycles. The first kappa shape index (κ1) is 24.4. The third kappa shape index (κ3) is 5.82. The molecule has 0 aliphatic heterocycles. The maximum atomic E-state index is 13.0. The summed E-state index contributed by atoms with van der Waals surface area (Å²) in [4.78, 5) is 23.9. The van der Waals surface area contributed by atoms with Crippen LogP contribution in [0.5, 0.6) is 0 Å². The number of amides is 2. The van der Waals surface area contributed by atoms with Crippen molar-refractivity contribution in [1.82, 2.24) is 4.31 Å². The quantitative estimate of drug-likeness (QED) is 0.687. The highest BCUT2D eigenvalue weighted by Crippen LogP contribution is 2.34. The number of carbonyl (C=O) groups excluding carboxylic acids is 2. The van der Waals surface area contributed by atoms with Crippen molar-refractivity contribution in [2.75, 3.05) is 17.7 Å². The molecule has 31 heavy (non-hydrogen) atoms. The summed E-state index contributed by atoms with van der Waals surface area (Å²) in [5, 5.41) is 4.69. The average Bonchev–Trinajstić information content (AvgIpc) is 2.67. The summed E-state index contributed by atoms with van der Waals surface area (Å²) < 4.78 is 65.3. The van der Waals surface area contributed by atoms with Crippen molar-refractivity contribution in [3.05, 3.63) is 53.6 Å². The molecule has 2 N–H and O–H groups in total. The molecule has 11 heteroatoms. The molecule has 7 nitrogen and oxygen atoms in total. The van der Waals surface area contributed by atoms with Gasteiger partial charge in [-0.1, -0.05) is 0 Å². The summed E-state index contributed by atoms with van der Waals surface area (Å²) in [7, 11) is -2.32. The molecular formula is C20H22F3N3O4S. The lowest BCUT2D eigenvalue weighted by atomic mass is 10.1. The third-order valence-corrected chi connectivity index (χ3v) is 6.47. The second kappa shape index (κ2) is 9.06. The minimum absolute atomic E-state index is 0.00777. The first-order valence-corrected chi connectivity index (χ1v) is 10.6. The number of nitrogens with one attached hydrogen (secondary N) is 2. The van der Waals surface area contributed by atoms with Gasteiger partial charge in [0.2, 0.25) is 15.9 Å². The molecule has 0 aromatic heterocycles. The fraction of sp³-hybridized carbons (Fsp3) is 0.300. The Hall–Kier alpha value is -2.92. The molecule has 0 aliphatic carbocycles. The van der Waals surface area contributed by atoms with E-state index in [1.807, 2.05) is 0 Å². The highest BCUT2D eigenvalue weighted by Gasteiger charge is 2.31. The molecule has 0 aliphatic rings. The van der Waals surface area contributed by atoms with Crippen LogP contribution in [0.25, 0.3) is 0 Å². The average molecular weight is 457 g/mol. The van der Waals surface area contributed by atoms with Crippen LogP contribution in [-0.4, -0.2) is 37.6 Å². The third-order valence-electron chi connectivity index (χ3n) is 4.43. The second-order valence-electron chi connectivity index (χ2n) is 7.03. The molecule has 0 atom stereocenters. The van der Waals surface area contributed by atoms with Gasteiger partial charge in [0, 0.05) is 25.6 Å². The number of hydrogen-bond acceptors (Lipinski definition) is 4. The number of carbonyl (C=O) groups is 2. The predicted molar refractivity (Wildman–Crippen MR) is 110 cm³/mol. The van der Waals surface area contributed by atoms with Gasteiger partial charge < -0.3 is 10.6 Å². The van der Waals surface area contributed by atoms with E-state index < -0.39 is 33.6 Å². The number of rotatable bonds is 6. The van der Waals surface area contributed by atoms with Crippen molar-refractivity contribution in [2.24, 2.45) is 0 Å². The van der Waals surface area contributed by atoms with Crippen LogP contribution in [-0.2, 0) is 21.0 Å². The van der Waals surface area contributed by atoms with Gasteiger partial charge in [0.25, 0.3) is 5.91 Å². The molecule has 168 valence electrons. The Morgan fingerprint density at radius 2 is 1.55 bits per heavy atom. The number of nitrogens with zero attached hydrogens (tertiary/aromatic N) is 1. The van der Waals surface area contributed by atoms with Crippen LogP contribution >= 0.6 is 0 Å². The summed E-state index contributed by atoms with van der Waals surface area (Å²) in [5.74, 6) is -1.30. The van der Waals surface area contributed by atoms with Crippen molar-refractivity contribution >= 4 is 33.2 Å². The molecule has 0 spiro atoms. The second-order valence-corrected chi connectivity index (χ2v) is 9.03. The minimum Gasteiger partial charge on any atom is -0.325 e. The summed E-state index contributed by atoms with van der Waals surface area (Å²) in [6, 6.07) is 7.24. The van der Waals surface area contributed by atoms with Gasteiger partial charge in [-0.3, -0.25) is 9.59 Å². The Balaban J connectivity index is 2.33. The Kier molecular flexibility index (Phi) is 7.12. The van der Waals surface area contributed by atoms with Gasteiger partial charge in [-0.2, -0.15) is 17.5 Å². The fourth-order valence-corrected chi connectivity index (χ4v) is 3.91. The largest absolute Gasteiger partial charge is 0.416 e. The van der Waals surface area contributed by atoms with E-state index >= 15 is 0 Å². The van der Waals surface area contributed by atoms with Crippen LogP contribution < -0.4 is 10.6 Å². The van der Waals surface area contributed by atoms with E-state index in [-0.39, 0.29) is 27.9 Å². The first-order chi connectivity index (χ1) is 14.2. The summed E-state index contributed by atoms with van der Waals surface area (Å²) in [6.07, 6.45) is -4.65. The molecule has 0 bridgehead atoms. The van der Waals surface area contributed by atoms with Crippen molar-refractivity contribution in [1.29, 1.82) is 0 Å². The van der Waals surface area contributed by atoms with Gasteiger partial charge >= 0.3 is 6.18 Å². The number of sulfonamides is 1. The van der Waals surface area contributed by atoms with E-state index in [0.717, 1.165) is 12.1 Å². The van der Waals surface area contributed by atoms with E-state index in [1.54, 1.807) is 13.8 Å². The molecule has 2 amide bonds. The van der Waals surface area contributed by atoms with Gasteiger partial charge in [-0.25, -0.2) is 8.42 Å². The topological polar surface area (TPSA) is 95.6 Å². The zero-order chi connectivity index (χ0) is 23.6. The van der Waals surface area contributed by atoms with Gasteiger partial charge in [0.05, 0.1) is 21.8 Å². The summed E-state index contributed by atoms with van der Waals surface area (Å²) in [6.45, 7) is 4.60. The first-order valence-electron chi connectivity index (χ1n) is 9.11. The lowest BCUT2D eigenvalue weighted by Crippen LogP contribution is -2.33. The molecule has 0 unspecified atom stereocenters. The summed E-state index contributed by atoms with van der Waals surface area (Å²) in [5.41, 5.74) is -1.23. The van der Waals surface area contributed by atoms with Crippen molar-refractivity contribution in [2.45, 2.75) is 37.9 Å². The van der Waals surface area contributed by atoms with Gasteiger partial charge in [-0.15, -0.1) is 0 Å². The van der Waals surface area contributed by atoms with E-state index in [0.29, 0.717) is 6.07 Å². The van der Waals surface area contributed by atoms with Crippen LogP contribution in [0.3, 0.4) is 0 Å². The van der Waals surface area contributed by atoms with Crippen LogP contribution in [0, 0.1) is 0 Å². The normalized spacial score (nSPS) is 12.2. The Morgan fingerprint density at radius 3 is 2.03 bits per heavy atom. The fourth-order valence-electron chi connectivity index (χ4n) is 2.54. The Bertz CT molecular complexity index is 1080. The van der Waals surface area contributed by atoms with E-state index in [4.69, 9.17) is 0 Å². The van der Waals surface area contributed by atoms with Crippen molar-refractivity contribution in [3.63, 3.8) is 0 Å². The van der Waals surface area contributed by atoms with Crippen LogP contribution in [0.2, 0.25) is 0 Å². The highest BCUT2D eigenvalue weighted by atomic mass is 32.2.